The first-order chi connectivity index (χ1) is 5.90. The average molecular weight is 204 g/mol. The van der Waals surface area contributed by atoms with Gasteiger partial charge in [0.15, 0.2) is 9.84 Å². The van der Waals surface area contributed by atoms with Gasteiger partial charge in [-0.1, -0.05) is 0 Å². The second-order valence-corrected chi connectivity index (χ2v) is 5.99. The predicted octanol–water partition coefficient (Wildman–Crippen LogP) is 0.265. The Hall–Kier alpha value is -0.600. The lowest BCUT2D eigenvalue weighted by atomic mass is 10.6. The Morgan fingerprint density at radius 1 is 1.46 bits per heavy atom. The molecule has 76 valence electrons. The third-order valence-electron chi connectivity index (χ3n) is 1.82. The summed E-state index contributed by atoms with van der Waals surface area (Å²) >= 11 is 0. The molecule has 0 amide bonds. The van der Waals surface area contributed by atoms with Crippen molar-refractivity contribution in [2.24, 2.45) is 0 Å². The van der Waals surface area contributed by atoms with Crippen molar-refractivity contribution in [2.45, 2.75) is 19.1 Å². The van der Waals surface area contributed by atoms with Crippen LogP contribution in [0.1, 0.15) is 13.8 Å². The molecule has 0 bridgehead atoms. The fourth-order valence-electron chi connectivity index (χ4n) is 0.719. The first-order valence-electron chi connectivity index (χ1n) is 4.17. The van der Waals surface area contributed by atoms with Gasteiger partial charge in [0.1, 0.15) is 0 Å². The normalized spacial score (nSPS) is 12.0. The number of rotatable bonds is 5. The molecule has 0 heterocycles. The Morgan fingerprint density at radius 3 is 2.38 bits per heavy atom. The standard InChI is InChI=1S/C8H16N2O2S/c1-8(2)13(11,12)7-6-10(3)5-4-9/h8H,5-7H2,1-3H3. The number of sulfone groups is 1. The second kappa shape index (κ2) is 5.20. The molecule has 0 rings (SSSR count). The second-order valence-electron chi connectivity index (χ2n) is 3.31. The van der Waals surface area contributed by atoms with Crippen LogP contribution in [-0.2, 0) is 9.84 Å². The van der Waals surface area contributed by atoms with E-state index in [9.17, 15) is 8.42 Å². The first-order valence-corrected chi connectivity index (χ1v) is 5.88. The van der Waals surface area contributed by atoms with E-state index in [2.05, 4.69) is 0 Å². The molecule has 0 aliphatic rings. The lowest BCUT2D eigenvalue weighted by Gasteiger charge is -2.13. The van der Waals surface area contributed by atoms with Crippen LogP contribution in [-0.4, -0.2) is 44.5 Å². The van der Waals surface area contributed by atoms with Crippen molar-refractivity contribution in [3.63, 3.8) is 0 Å². The molecule has 5 heteroatoms. The average Bonchev–Trinajstić information content (AvgIpc) is 2.01. The lowest BCUT2D eigenvalue weighted by Crippen LogP contribution is -2.29. The molecule has 0 saturated heterocycles. The topological polar surface area (TPSA) is 61.2 Å². The van der Waals surface area contributed by atoms with Gasteiger partial charge in [0.05, 0.1) is 23.6 Å². The quantitative estimate of drug-likeness (QED) is 0.603. The van der Waals surface area contributed by atoms with Gasteiger partial charge in [-0.3, -0.25) is 4.90 Å². The molecule has 0 aliphatic carbocycles. The zero-order valence-electron chi connectivity index (χ0n) is 8.32. The molecule has 0 atom stereocenters. The highest BCUT2D eigenvalue weighted by Crippen LogP contribution is 2.00. The van der Waals surface area contributed by atoms with Crippen LogP contribution >= 0.6 is 0 Å². The zero-order chi connectivity index (χ0) is 10.5. The molecule has 0 aromatic heterocycles. The van der Waals surface area contributed by atoms with Crippen molar-refractivity contribution < 1.29 is 8.42 Å². The van der Waals surface area contributed by atoms with E-state index in [1.165, 1.54) is 0 Å². The monoisotopic (exact) mass is 204 g/mol. The van der Waals surface area contributed by atoms with Crippen LogP contribution in [0.25, 0.3) is 0 Å². The minimum absolute atomic E-state index is 0.128. The van der Waals surface area contributed by atoms with Crippen LogP contribution in [0.4, 0.5) is 0 Å². The first kappa shape index (κ1) is 12.4. The van der Waals surface area contributed by atoms with Gasteiger partial charge >= 0.3 is 0 Å². The van der Waals surface area contributed by atoms with Crippen LogP contribution < -0.4 is 0 Å². The Kier molecular flexibility index (Phi) is 4.96. The highest BCUT2D eigenvalue weighted by atomic mass is 32.2. The molecule has 0 aromatic carbocycles. The van der Waals surface area contributed by atoms with Crippen LogP contribution in [0.3, 0.4) is 0 Å². The smallest absolute Gasteiger partial charge is 0.153 e. The minimum atomic E-state index is -2.96. The van der Waals surface area contributed by atoms with Gasteiger partial charge in [-0.25, -0.2) is 8.42 Å². The molecular formula is C8H16N2O2S. The summed E-state index contributed by atoms with van der Waals surface area (Å²) in [6, 6.07) is 1.96. The largest absolute Gasteiger partial charge is 0.293 e. The SMILES string of the molecule is CC(C)S(=O)(=O)CCN(C)CC#N. The van der Waals surface area contributed by atoms with Gasteiger partial charge in [-0.15, -0.1) is 0 Å². The van der Waals surface area contributed by atoms with Crippen LogP contribution in [0.2, 0.25) is 0 Å². The summed E-state index contributed by atoms with van der Waals surface area (Å²) in [5.74, 6) is 0.128. The van der Waals surface area contributed by atoms with Gasteiger partial charge in [-0.2, -0.15) is 5.26 Å². The fourth-order valence-corrected chi connectivity index (χ4v) is 1.76. The van der Waals surface area contributed by atoms with Gasteiger partial charge in [0.25, 0.3) is 0 Å². The summed E-state index contributed by atoms with van der Waals surface area (Å²) in [7, 11) is -1.23. The van der Waals surface area contributed by atoms with E-state index in [0.717, 1.165) is 0 Å². The summed E-state index contributed by atoms with van der Waals surface area (Å²) in [4.78, 5) is 1.69. The van der Waals surface area contributed by atoms with Crippen LogP contribution in [0, 0.1) is 11.3 Å². The molecule has 0 aliphatic heterocycles. The third kappa shape index (κ3) is 4.86. The fraction of sp³-hybridized carbons (Fsp3) is 0.875. The van der Waals surface area contributed by atoms with Gasteiger partial charge in [-0.05, 0) is 20.9 Å². The molecule has 0 saturated carbocycles. The van der Waals surface area contributed by atoms with E-state index in [1.807, 2.05) is 6.07 Å². The molecule has 0 unspecified atom stereocenters. The highest BCUT2D eigenvalue weighted by molar-refractivity contribution is 7.92. The molecule has 13 heavy (non-hydrogen) atoms. The van der Waals surface area contributed by atoms with E-state index >= 15 is 0 Å². The summed E-state index contributed by atoms with van der Waals surface area (Å²) in [5, 5.41) is 8.00. The summed E-state index contributed by atoms with van der Waals surface area (Å²) in [5.41, 5.74) is 0. The molecule has 0 spiro atoms. The lowest BCUT2D eigenvalue weighted by molar-refractivity contribution is 0.396. The van der Waals surface area contributed by atoms with Crippen molar-refractivity contribution in [3.8, 4) is 6.07 Å². The molecule has 0 fully saturated rings. The Bertz CT molecular complexity index is 277. The number of hydrogen-bond donors (Lipinski definition) is 0. The summed E-state index contributed by atoms with van der Waals surface area (Å²) in [6.45, 7) is 4.03. The number of nitrogens with zero attached hydrogens (tertiary/aromatic N) is 2. The predicted molar refractivity (Wildman–Crippen MR) is 52.0 cm³/mol. The zero-order valence-corrected chi connectivity index (χ0v) is 9.13. The van der Waals surface area contributed by atoms with Crippen molar-refractivity contribution >= 4 is 9.84 Å². The van der Waals surface area contributed by atoms with E-state index < -0.39 is 9.84 Å². The van der Waals surface area contributed by atoms with E-state index in [0.29, 0.717) is 6.54 Å². The maximum Gasteiger partial charge on any atom is 0.153 e. The van der Waals surface area contributed by atoms with Gasteiger partial charge in [0.2, 0.25) is 0 Å². The van der Waals surface area contributed by atoms with Gasteiger partial charge in [0, 0.05) is 6.54 Å². The van der Waals surface area contributed by atoms with Crippen molar-refractivity contribution in [3.05, 3.63) is 0 Å². The van der Waals surface area contributed by atoms with E-state index in [1.54, 1.807) is 25.8 Å². The highest BCUT2D eigenvalue weighted by Gasteiger charge is 2.16. The van der Waals surface area contributed by atoms with Gasteiger partial charge < -0.3 is 0 Å². The number of nitriles is 1. The Labute approximate surface area is 80.1 Å². The van der Waals surface area contributed by atoms with Crippen molar-refractivity contribution in [1.82, 2.24) is 4.90 Å². The Balaban J connectivity index is 3.97. The molecule has 0 radical (unpaired) electrons. The maximum absolute atomic E-state index is 11.3. The van der Waals surface area contributed by atoms with E-state index in [4.69, 9.17) is 5.26 Å². The van der Waals surface area contributed by atoms with Crippen LogP contribution in [0.5, 0.6) is 0 Å². The molecule has 0 aromatic rings. The minimum Gasteiger partial charge on any atom is -0.293 e. The Morgan fingerprint density at radius 2 is 2.00 bits per heavy atom. The maximum atomic E-state index is 11.3. The summed E-state index contributed by atoms with van der Waals surface area (Å²) in [6.07, 6.45) is 0. The third-order valence-corrected chi connectivity index (χ3v) is 4.00. The van der Waals surface area contributed by atoms with E-state index in [-0.39, 0.29) is 17.5 Å². The van der Waals surface area contributed by atoms with Crippen molar-refractivity contribution in [2.75, 3.05) is 25.9 Å². The number of hydrogen-bond acceptors (Lipinski definition) is 4. The molecule has 4 nitrogen and oxygen atoms in total. The van der Waals surface area contributed by atoms with Crippen molar-refractivity contribution in [1.29, 1.82) is 5.26 Å². The summed E-state index contributed by atoms with van der Waals surface area (Å²) < 4.78 is 22.7. The molecule has 0 N–H and O–H groups in total. The van der Waals surface area contributed by atoms with Crippen LogP contribution in [0.15, 0.2) is 0 Å². The molecular weight excluding hydrogens is 188 g/mol.